The molecule has 0 spiro atoms. The molecular weight excluding hydrogens is 406 g/mol. The zero-order valence-electron chi connectivity index (χ0n) is 22.0. The van der Waals surface area contributed by atoms with Gasteiger partial charge in [-0.3, -0.25) is 0 Å². The number of hydrogen-bond donors (Lipinski definition) is 0. The van der Waals surface area contributed by atoms with Crippen molar-refractivity contribution in [3.05, 3.63) is 0 Å². The lowest BCUT2D eigenvalue weighted by Crippen LogP contribution is -3.00. The molecule has 1 atom stereocenters. The summed E-state index contributed by atoms with van der Waals surface area (Å²) in [6, 6.07) is 0.714. The van der Waals surface area contributed by atoms with E-state index in [0.29, 0.717) is 6.04 Å². The minimum atomic E-state index is 0. The normalized spacial score (nSPS) is 13.4. The SMILES string of the molecule is CCCCCCCCCCCCCCCCCCC(CC(C)(C)O[SiH3])[N+](C)(C)C.[Cl-]. The van der Waals surface area contributed by atoms with Gasteiger partial charge < -0.3 is 21.3 Å². The van der Waals surface area contributed by atoms with Crippen LogP contribution in [0.3, 0.4) is 0 Å². The van der Waals surface area contributed by atoms with Crippen LogP contribution in [0.5, 0.6) is 0 Å². The van der Waals surface area contributed by atoms with E-state index in [4.69, 9.17) is 4.43 Å². The molecule has 0 saturated carbocycles. The summed E-state index contributed by atoms with van der Waals surface area (Å²) in [6.07, 6.45) is 25.7. The van der Waals surface area contributed by atoms with Gasteiger partial charge in [-0.25, -0.2) is 0 Å². The lowest BCUT2D eigenvalue weighted by Gasteiger charge is -2.39. The Morgan fingerprint density at radius 1 is 0.667 bits per heavy atom. The molecule has 0 fully saturated rings. The van der Waals surface area contributed by atoms with Crippen molar-refractivity contribution in [1.29, 1.82) is 0 Å². The standard InChI is InChI=1S/C26H58NOSi.ClH/c1-7-8-9-10-11-12-13-14-15-16-17-18-19-20-21-22-23-25(27(4,5)6)24-26(2,3)28-29;/h25H,7-24H2,1-6,29H3;1H/q+1;/p-1. The van der Waals surface area contributed by atoms with Gasteiger partial charge in [0.1, 0.15) is 10.5 Å². The Morgan fingerprint density at radius 2 is 1.00 bits per heavy atom. The van der Waals surface area contributed by atoms with Crippen molar-refractivity contribution in [1.82, 2.24) is 0 Å². The summed E-state index contributed by atoms with van der Waals surface area (Å²) in [4.78, 5) is 0. The van der Waals surface area contributed by atoms with E-state index >= 15 is 0 Å². The van der Waals surface area contributed by atoms with Gasteiger partial charge in [-0.05, 0) is 26.7 Å². The molecule has 2 nitrogen and oxygen atoms in total. The Morgan fingerprint density at radius 3 is 1.30 bits per heavy atom. The first-order chi connectivity index (χ1) is 13.7. The maximum atomic E-state index is 5.83. The summed E-state index contributed by atoms with van der Waals surface area (Å²) in [7, 11) is 7.88. The molecule has 0 N–H and O–H groups in total. The second-order valence-electron chi connectivity index (χ2n) is 11.0. The van der Waals surface area contributed by atoms with E-state index < -0.39 is 0 Å². The second kappa shape index (κ2) is 20.1. The van der Waals surface area contributed by atoms with E-state index in [2.05, 4.69) is 41.9 Å². The number of nitrogens with zero attached hydrogens (tertiary/aromatic N) is 1. The number of hydrogen-bond acceptors (Lipinski definition) is 1. The molecule has 0 heterocycles. The fourth-order valence-corrected chi connectivity index (χ4v) is 4.51. The summed E-state index contributed by atoms with van der Waals surface area (Å²) in [5, 5.41) is 0. The van der Waals surface area contributed by atoms with Crippen molar-refractivity contribution in [2.24, 2.45) is 0 Å². The molecule has 184 valence electrons. The molecule has 0 aromatic heterocycles. The molecule has 0 amide bonds. The van der Waals surface area contributed by atoms with Crippen molar-refractivity contribution < 1.29 is 21.3 Å². The van der Waals surface area contributed by atoms with E-state index in [0.717, 1.165) is 15.0 Å². The van der Waals surface area contributed by atoms with Crippen molar-refractivity contribution in [2.75, 3.05) is 21.1 Å². The zero-order chi connectivity index (χ0) is 22.0. The molecule has 0 bridgehead atoms. The van der Waals surface area contributed by atoms with E-state index in [9.17, 15) is 0 Å². The molecule has 0 aromatic rings. The fraction of sp³-hybridized carbons (Fsp3) is 1.00. The van der Waals surface area contributed by atoms with Gasteiger partial charge in [0.25, 0.3) is 0 Å². The summed E-state index contributed by atoms with van der Waals surface area (Å²) in [6.45, 7) is 6.82. The van der Waals surface area contributed by atoms with Crippen LogP contribution in [0.15, 0.2) is 0 Å². The lowest BCUT2D eigenvalue weighted by atomic mass is 9.93. The van der Waals surface area contributed by atoms with E-state index in [1.54, 1.807) is 0 Å². The molecule has 30 heavy (non-hydrogen) atoms. The molecule has 0 saturated heterocycles. The molecular formula is C26H58ClNOSi. The van der Waals surface area contributed by atoms with Gasteiger partial charge in [0.2, 0.25) is 0 Å². The summed E-state index contributed by atoms with van der Waals surface area (Å²) < 4.78 is 6.89. The van der Waals surface area contributed by atoms with Gasteiger partial charge in [-0.15, -0.1) is 0 Å². The molecule has 0 aliphatic carbocycles. The minimum Gasteiger partial charge on any atom is -1.00 e. The monoisotopic (exact) mass is 463 g/mol. The van der Waals surface area contributed by atoms with Crippen LogP contribution in [0.1, 0.15) is 136 Å². The third-order valence-corrected chi connectivity index (χ3v) is 7.87. The van der Waals surface area contributed by atoms with Gasteiger partial charge in [0, 0.05) is 6.42 Å². The zero-order valence-corrected chi connectivity index (χ0v) is 24.8. The highest BCUT2D eigenvalue weighted by molar-refractivity contribution is 5.98. The Bertz CT molecular complexity index is 357. The quantitative estimate of drug-likeness (QED) is 0.141. The highest BCUT2D eigenvalue weighted by Crippen LogP contribution is 2.25. The summed E-state index contributed by atoms with van der Waals surface area (Å²) in [5.74, 6) is 0. The van der Waals surface area contributed by atoms with Crippen molar-refractivity contribution in [2.45, 2.75) is 148 Å². The Balaban J connectivity index is 0. The maximum Gasteiger partial charge on any atom is 0.146 e. The molecule has 0 rings (SSSR count). The largest absolute Gasteiger partial charge is 1.00 e. The summed E-state index contributed by atoms with van der Waals surface area (Å²) >= 11 is 0. The van der Waals surface area contributed by atoms with Crippen LogP contribution in [0.2, 0.25) is 0 Å². The average Bonchev–Trinajstić information content (AvgIpc) is 2.65. The number of unbranched alkanes of at least 4 members (excludes halogenated alkanes) is 15. The van der Waals surface area contributed by atoms with Gasteiger partial charge in [-0.2, -0.15) is 0 Å². The van der Waals surface area contributed by atoms with Gasteiger partial charge >= 0.3 is 0 Å². The van der Waals surface area contributed by atoms with E-state index in [-0.39, 0.29) is 18.0 Å². The highest BCUT2D eigenvalue weighted by atomic mass is 35.5. The number of rotatable bonds is 21. The smallest absolute Gasteiger partial charge is 0.146 e. The van der Waals surface area contributed by atoms with Crippen molar-refractivity contribution in [3.63, 3.8) is 0 Å². The predicted molar refractivity (Wildman–Crippen MR) is 136 cm³/mol. The molecule has 1 unspecified atom stereocenters. The minimum absolute atomic E-state index is 0. The molecule has 0 aromatic carbocycles. The Hall–Kier alpha value is 0.427. The molecule has 0 aliphatic heterocycles. The van der Waals surface area contributed by atoms with Crippen LogP contribution >= 0.6 is 0 Å². The van der Waals surface area contributed by atoms with Crippen LogP contribution in [-0.4, -0.2) is 47.8 Å². The van der Waals surface area contributed by atoms with Crippen LogP contribution in [0.25, 0.3) is 0 Å². The van der Waals surface area contributed by atoms with Crippen molar-refractivity contribution in [3.8, 4) is 0 Å². The first-order valence-electron chi connectivity index (χ1n) is 13.1. The van der Waals surface area contributed by atoms with Crippen LogP contribution in [-0.2, 0) is 4.43 Å². The molecule has 0 aliphatic rings. The third kappa shape index (κ3) is 20.3. The van der Waals surface area contributed by atoms with Crippen LogP contribution in [0, 0.1) is 0 Å². The average molecular weight is 464 g/mol. The van der Waals surface area contributed by atoms with Gasteiger partial charge in [0.15, 0.2) is 0 Å². The van der Waals surface area contributed by atoms with Crippen LogP contribution in [0.4, 0.5) is 0 Å². The second-order valence-corrected chi connectivity index (χ2v) is 11.4. The van der Waals surface area contributed by atoms with Gasteiger partial charge in [0.05, 0.1) is 32.8 Å². The van der Waals surface area contributed by atoms with Crippen LogP contribution < -0.4 is 12.4 Å². The fourth-order valence-electron chi connectivity index (χ4n) is 4.34. The Kier molecular flexibility index (Phi) is 21.8. The van der Waals surface area contributed by atoms with Gasteiger partial charge in [-0.1, -0.05) is 103 Å². The topological polar surface area (TPSA) is 9.23 Å². The summed E-state index contributed by atoms with van der Waals surface area (Å²) in [5.41, 5.74) is 0.0530. The first-order valence-corrected chi connectivity index (χ1v) is 13.9. The Labute approximate surface area is 200 Å². The third-order valence-electron chi connectivity index (χ3n) is 6.77. The van der Waals surface area contributed by atoms with E-state index in [1.165, 1.54) is 116 Å². The maximum absolute atomic E-state index is 5.83. The molecule has 0 radical (unpaired) electrons. The number of halogens is 1. The van der Waals surface area contributed by atoms with Crippen molar-refractivity contribution >= 4 is 10.5 Å². The highest BCUT2D eigenvalue weighted by Gasteiger charge is 2.30. The molecule has 4 heteroatoms. The lowest BCUT2D eigenvalue weighted by molar-refractivity contribution is -0.897. The predicted octanol–water partition coefficient (Wildman–Crippen LogP) is 4.18. The first kappa shape index (κ1) is 32.6. The number of quaternary nitrogens is 1. The van der Waals surface area contributed by atoms with E-state index in [1.807, 2.05) is 0 Å².